The van der Waals surface area contributed by atoms with Gasteiger partial charge in [-0.15, -0.1) is 0 Å². The monoisotopic (exact) mass is 459 g/mol. The molecule has 3 saturated heterocycles. The fourth-order valence-corrected chi connectivity index (χ4v) is 5.82. The molecule has 0 saturated carbocycles. The number of hydrogen-bond acceptors (Lipinski definition) is 5. The average molecular weight is 460 g/mol. The Bertz CT molecular complexity index is 1070. The Hall–Kier alpha value is -2.39. The number of fused-ring (bicyclic) bond motifs is 1. The first kappa shape index (κ1) is 22.4. The van der Waals surface area contributed by atoms with Crippen LogP contribution in [0, 0.1) is 17.6 Å². The third-order valence-electron chi connectivity index (χ3n) is 7.63. The highest BCUT2D eigenvalue weighted by molar-refractivity contribution is 6.02. The third kappa shape index (κ3) is 4.28. The first-order chi connectivity index (χ1) is 15.9. The zero-order valence-electron chi connectivity index (χ0n) is 19.0. The van der Waals surface area contributed by atoms with E-state index in [1.807, 2.05) is 0 Å². The summed E-state index contributed by atoms with van der Waals surface area (Å²) in [5.74, 6) is -2.09. The van der Waals surface area contributed by atoms with Crippen LogP contribution >= 0.6 is 0 Å². The van der Waals surface area contributed by atoms with Crippen molar-refractivity contribution in [2.45, 2.75) is 50.4 Å². The highest BCUT2D eigenvalue weighted by atomic mass is 19.1. The van der Waals surface area contributed by atoms with Gasteiger partial charge in [-0.2, -0.15) is 5.10 Å². The predicted molar refractivity (Wildman–Crippen MR) is 120 cm³/mol. The van der Waals surface area contributed by atoms with Crippen LogP contribution in [0.2, 0.25) is 0 Å². The van der Waals surface area contributed by atoms with Gasteiger partial charge in [-0.05, 0) is 76.2 Å². The Morgan fingerprint density at radius 2 is 1.82 bits per heavy atom. The van der Waals surface area contributed by atoms with Crippen LogP contribution in [0.1, 0.15) is 61.6 Å². The number of piperidine rings is 3. The van der Waals surface area contributed by atoms with E-state index < -0.39 is 23.5 Å². The zero-order valence-corrected chi connectivity index (χ0v) is 19.0. The zero-order chi connectivity index (χ0) is 23.1. The number of benzene rings is 1. The van der Waals surface area contributed by atoms with E-state index in [0.29, 0.717) is 17.0 Å². The van der Waals surface area contributed by atoms with Gasteiger partial charge in [0.15, 0.2) is 5.82 Å². The molecule has 0 radical (unpaired) electrons. The van der Waals surface area contributed by atoms with Gasteiger partial charge < -0.3 is 10.2 Å². The van der Waals surface area contributed by atoms with E-state index in [2.05, 4.69) is 20.6 Å². The molecule has 4 heterocycles. The smallest absolute Gasteiger partial charge is 0.235 e. The van der Waals surface area contributed by atoms with Crippen molar-refractivity contribution in [2.75, 3.05) is 32.7 Å². The number of carbonyl (C=O) groups excluding carboxylic acids is 2. The van der Waals surface area contributed by atoms with Crippen molar-refractivity contribution in [3.8, 4) is 0 Å². The first-order valence-electron chi connectivity index (χ1n) is 12.0. The molecule has 2 amide bonds. The van der Waals surface area contributed by atoms with Gasteiger partial charge in [-0.25, -0.2) is 8.78 Å². The minimum absolute atomic E-state index is 0.141. The number of aromatic nitrogens is 2. The number of hydrogen-bond donors (Lipinski definition) is 2. The van der Waals surface area contributed by atoms with Crippen molar-refractivity contribution < 1.29 is 18.4 Å². The molecule has 1 atom stereocenters. The molecule has 7 nitrogen and oxygen atoms in total. The summed E-state index contributed by atoms with van der Waals surface area (Å²) in [6.07, 6.45) is 4.31. The van der Waals surface area contributed by atoms with Gasteiger partial charge >= 0.3 is 0 Å². The summed E-state index contributed by atoms with van der Waals surface area (Å²) in [5.41, 5.74) is 0.698. The van der Waals surface area contributed by atoms with E-state index >= 15 is 8.78 Å². The number of likely N-dealkylation sites (tertiary alicyclic amines) is 1. The van der Waals surface area contributed by atoms with Crippen molar-refractivity contribution in [2.24, 2.45) is 13.0 Å². The van der Waals surface area contributed by atoms with Gasteiger partial charge in [0.1, 0.15) is 11.3 Å². The average Bonchev–Trinajstić information content (AvgIpc) is 3.11. The van der Waals surface area contributed by atoms with Gasteiger partial charge in [0.25, 0.3) is 0 Å². The van der Waals surface area contributed by atoms with Gasteiger partial charge in [-0.3, -0.25) is 19.6 Å². The Kier molecular flexibility index (Phi) is 6.18. The molecule has 178 valence electrons. The van der Waals surface area contributed by atoms with E-state index in [0.717, 1.165) is 45.6 Å². The maximum absolute atomic E-state index is 15.7. The number of nitrogens with zero attached hydrogens (tertiary/aromatic N) is 3. The second-order valence-electron chi connectivity index (χ2n) is 9.76. The van der Waals surface area contributed by atoms with Crippen molar-refractivity contribution in [3.63, 3.8) is 0 Å². The molecule has 1 unspecified atom stereocenters. The molecular weight excluding hydrogens is 428 g/mol. The fourth-order valence-electron chi connectivity index (χ4n) is 5.82. The largest absolute Gasteiger partial charge is 0.317 e. The van der Waals surface area contributed by atoms with Crippen LogP contribution < -0.4 is 10.6 Å². The lowest BCUT2D eigenvalue weighted by Crippen LogP contribution is -2.40. The molecule has 33 heavy (non-hydrogen) atoms. The molecule has 1 aromatic heterocycles. The Labute approximate surface area is 191 Å². The Balaban J connectivity index is 1.37. The van der Waals surface area contributed by atoms with Crippen LogP contribution in [-0.2, 0) is 16.6 Å². The van der Waals surface area contributed by atoms with E-state index in [4.69, 9.17) is 0 Å². The minimum atomic E-state index is -0.686. The molecule has 0 bridgehead atoms. The molecule has 0 spiro atoms. The van der Waals surface area contributed by atoms with E-state index in [-0.39, 0.29) is 35.7 Å². The molecule has 2 aromatic rings. The van der Waals surface area contributed by atoms with Gasteiger partial charge in [0.05, 0.1) is 11.6 Å². The van der Waals surface area contributed by atoms with Gasteiger partial charge in [0, 0.05) is 31.0 Å². The summed E-state index contributed by atoms with van der Waals surface area (Å²) in [5, 5.41) is 10.4. The lowest BCUT2D eigenvalue weighted by atomic mass is 9.86. The van der Waals surface area contributed by atoms with E-state index in [1.165, 1.54) is 23.6 Å². The lowest BCUT2D eigenvalue weighted by Gasteiger charge is -2.35. The van der Waals surface area contributed by atoms with Crippen LogP contribution in [0.4, 0.5) is 8.78 Å². The van der Waals surface area contributed by atoms with Crippen LogP contribution in [0.3, 0.4) is 0 Å². The Morgan fingerprint density at radius 1 is 1.09 bits per heavy atom. The second-order valence-corrected chi connectivity index (χ2v) is 9.76. The SMILES string of the molecule is Cn1nc(C2CCC(=O)NC2=O)c2cc(F)c(C3CCN(CC4CCNCC4)CC3)c(F)c21. The Morgan fingerprint density at radius 3 is 2.52 bits per heavy atom. The van der Waals surface area contributed by atoms with E-state index in [9.17, 15) is 9.59 Å². The second kappa shape index (κ2) is 9.10. The summed E-state index contributed by atoms with van der Waals surface area (Å²) in [7, 11) is 1.62. The number of aryl methyl sites for hydroxylation is 1. The minimum Gasteiger partial charge on any atom is -0.317 e. The molecular formula is C24H31F2N5O2. The molecule has 3 aliphatic rings. The summed E-state index contributed by atoms with van der Waals surface area (Å²) in [4.78, 5) is 26.3. The summed E-state index contributed by atoms with van der Waals surface area (Å²) >= 11 is 0. The number of halogens is 2. The summed E-state index contributed by atoms with van der Waals surface area (Å²) in [6.45, 7) is 4.90. The summed E-state index contributed by atoms with van der Waals surface area (Å²) < 4.78 is 32.4. The quantitative estimate of drug-likeness (QED) is 0.687. The maximum Gasteiger partial charge on any atom is 0.235 e. The first-order valence-corrected chi connectivity index (χ1v) is 12.0. The van der Waals surface area contributed by atoms with Gasteiger partial charge in [-0.1, -0.05) is 0 Å². The van der Waals surface area contributed by atoms with Crippen molar-refractivity contribution >= 4 is 22.7 Å². The number of imide groups is 1. The highest BCUT2D eigenvalue weighted by Crippen LogP contribution is 2.38. The maximum atomic E-state index is 15.7. The molecule has 9 heteroatoms. The topological polar surface area (TPSA) is 79.3 Å². The van der Waals surface area contributed by atoms with Gasteiger partial charge in [0.2, 0.25) is 11.8 Å². The molecule has 1 aromatic carbocycles. The molecule has 0 aliphatic carbocycles. The van der Waals surface area contributed by atoms with Crippen molar-refractivity contribution in [1.29, 1.82) is 0 Å². The third-order valence-corrected chi connectivity index (χ3v) is 7.63. The normalized spacial score (nSPS) is 23.9. The van der Waals surface area contributed by atoms with Crippen molar-refractivity contribution in [1.82, 2.24) is 25.3 Å². The van der Waals surface area contributed by atoms with E-state index in [1.54, 1.807) is 7.05 Å². The highest BCUT2D eigenvalue weighted by Gasteiger charge is 2.34. The van der Waals surface area contributed by atoms with Crippen LogP contribution in [0.5, 0.6) is 0 Å². The summed E-state index contributed by atoms with van der Waals surface area (Å²) in [6, 6.07) is 1.33. The molecule has 5 rings (SSSR count). The van der Waals surface area contributed by atoms with Crippen molar-refractivity contribution in [3.05, 3.63) is 29.0 Å². The number of carbonyl (C=O) groups is 2. The molecule has 3 aliphatic heterocycles. The number of nitrogens with one attached hydrogen (secondary N) is 2. The van der Waals surface area contributed by atoms with Crippen LogP contribution in [0.25, 0.3) is 10.9 Å². The molecule has 2 N–H and O–H groups in total. The fraction of sp³-hybridized carbons (Fsp3) is 0.625. The van der Waals surface area contributed by atoms with Crippen LogP contribution in [-0.4, -0.2) is 59.2 Å². The standard InChI is InChI=1S/C24H31F2N5O2/c1-30-23-17(22(29-30)16-2-3-19(32)28-24(16)33)12-18(25)20(21(23)26)15-6-10-31(11-7-15)13-14-4-8-27-9-5-14/h12,14-16,27H,2-11,13H2,1H3,(H,28,32,33). The molecule has 3 fully saturated rings. The number of amides is 2. The number of rotatable bonds is 4. The van der Waals surface area contributed by atoms with Crippen LogP contribution in [0.15, 0.2) is 6.07 Å². The lowest BCUT2D eigenvalue weighted by molar-refractivity contribution is -0.134. The predicted octanol–water partition coefficient (Wildman–Crippen LogP) is 2.55.